The zero-order valence-corrected chi connectivity index (χ0v) is 8.32. The van der Waals surface area contributed by atoms with Gasteiger partial charge in [0.15, 0.2) is 5.60 Å². The summed E-state index contributed by atoms with van der Waals surface area (Å²) in [6.45, 7) is 4.10. The van der Waals surface area contributed by atoms with Gasteiger partial charge in [0, 0.05) is 5.56 Å². The van der Waals surface area contributed by atoms with Gasteiger partial charge < -0.3 is 9.84 Å². The van der Waals surface area contributed by atoms with E-state index in [4.69, 9.17) is 4.74 Å². The summed E-state index contributed by atoms with van der Waals surface area (Å²) in [7, 11) is 0. The lowest BCUT2D eigenvalue weighted by Crippen LogP contribution is -2.30. The molecule has 1 heterocycles. The average Bonchev–Trinajstić information content (AvgIpc) is 2.41. The summed E-state index contributed by atoms with van der Waals surface area (Å²) in [4.78, 5) is 4.24. The number of para-hydroxylation sites is 1. The second kappa shape index (κ2) is 3.10. The SMILES string of the molecule is CCOC1=Nc2ccccc2C1(C)O. The Bertz CT molecular complexity index is 383. The van der Waals surface area contributed by atoms with Gasteiger partial charge in [-0.25, -0.2) is 4.99 Å². The van der Waals surface area contributed by atoms with Crippen LogP contribution in [-0.4, -0.2) is 17.6 Å². The largest absolute Gasteiger partial charge is 0.479 e. The Morgan fingerprint density at radius 2 is 2.14 bits per heavy atom. The third-order valence-electron chi connectivity index (χ3n) is 2.35. The van der Waals surface area contributed by atoms with Crippen molar-refractivity contribution in [2.45, 2.75) is 19.4 Å². The highest BCUT2D eigenvalue weighted by Crippen LogP contribution is 2.38. The predicted octanol–water partition coefficient (Wildman–Crippen LogP) is 1.97. The van der Waals surface area contributed by atoms with Crippen LogP contribution in [0.15, 0.2) is 29.3 Å². The van der Waals surface area contributed by atoms with E-state index >= 15 is 0 Å². The van der Waals surface area contributed by atoms with Crippen molar-refractivity contribution >= 4 is 11.6 Å². The first-order valence-corrected chi connectivity index (χ1v) is 4.70. The molecule has 1 unspecified atom stereocenters. The first kappa shape index (κ1) is 9.21. The molecule has 1 aliphatic heterocycles. The van der Waals surface area contributed by atoms with Crippen molar-refractivity contribution in [2.24, 2.45) is 4.99 Å². The molecule has 0 aliphatic carbocycles. The molecule has 3 nitrogen and oxygen atoms in total. The summed E-state index contributed by atoms with van der Waals surface area (Å²) in [5.41, 5.74) is 0.525. The van der Waals surface area contributed by atoms with Crippen molar-refractivity contribution in [1.29, 1.82) is 0 Å². The van der Waals surface area contributed by atoms with Gasteiger partial charge in [0.2, 0.25) is 5.90 Å². The molecule has 0 aromatic heterocycles. The van der Waals surface area contributed by atoms with Crippen LogP contribution in [0.2, 0.25) is 0 Å². The van der Waals surface area contributed by atoms with Crippen LogP contribution in [0, 0.1) is 0 Å². The maximum atomic E-state index is 10.2. The van der Waals surface area contributed by atoms with Crippen LogP contribution >= 0.6 is 0 Å². The second-order valence-corrected chi connectivity index (χ2v) is 3.44. The van der Waals surface area contributed by atoms with Crippen molar-refractivity contribution in [3.63, 3.8) is 0 Å². The third-order valence-corrected chi connectivity index (χ3v) is 2.35. The standard InChI is InChI=1S/C11H13NO2/c1-3-14-10-11(2,13)8-6-4-5-7-9(8)12-10/h4-7,13H,3H2,1-2H3. The zero-order chi connectivity index (χ0) is 10.2. The fourth-order valence-electron chi connectivity index (χ4n) is 1.63. The Morgan fingerprint density at radius 1 is 1.43 bits per heavy atom. The number of aliphatic imine (C=N–C) groups is 1. The Hall–Kier alpha value is -1.35. The van der Waals surface area contributed by atoms with E-state index in [-0.39, 0.29) is 0 Å². The molecule has 2 rings (SSSR count). The smallest absolute Gasteiger partial charge is 0.226 e. The highest BCUT2D eigenvalue weighted by Gasteiger charge is 2.38. The lowest BCUT2D eigenvalue weighted by atomic mass is 9.97. The van der Waals surface area contributed by atoms with Crippen LogP contribution in [0.4, 0.5) is 5.69 Å². The molecule has 0 bridgehead atoms. The normalized spacial score (nSPS) is 24.4. The topological polar surface area (TPSA) is 41.8 Å². The van der Waals surface area contributed by atoms with Crippen molar-refractivity contribution in [3.05, 3.63) is 29.8 Å². The number of aliphatic hydroxyl groups is 1. The van der Waals surface area contributed by atoms with Crippen molar-refractivity contribution in [2.75, 3.05) is 6.61 Å². The van der Waals surface area contributed by atoms with Crippen LogP contribution in [-0.2, 0) is 10.3 Å². The number of hydrogen-bond acceptors (Lipinski definition) is 3. The molecule has 0 spiro atoms. The molecular weight excluding hydrogens is 178 g/mol. The van der Waals surface area contributed by atoms with E-state index in [2.05, 4.69) is 4.99 Å². The van der Waals surface area contributed by atoms with E-state index in [0.717, 1.165) is 11.3 Å². The molecule has 0 saturated heterocycles. The number of benzene rings is 1. The average molecular weight is 191 g/mol. The molecule has 0 fully saturated rings. The van der Waals surface area contributed by atoms with E-state index in [1.54, 1.807) is 6.92 Å². The third kappa shape index (κ3) is 1.21. The minimum atomic E-state index is -1.08. The number of hydrogen-bond donors (Lipinski definition) is 1. The molecule has 0 amide bonds. The lowest BCUT2D eigenvalue weighted by molar-refractivity contribution is 0.102. The number of fused-ring (bicyclic) bond motifs is 1. The quantitative estimate of drug-likeness (QED) is 0.737. The summed E-state index contributed by atoms with van der Waals surface area (Å²) in [6, 6.07) is 7.52. The van der Waals surface area contributed by atoms with Gasteiger partial charge in [-0.05, 0) is 19.9 Å². The van der Waals surface area contributed by atoms with Gasteiger partial charge in [-0.1, -0.05) is 18.2 Å². The number of rotatable bonds is 1. The molecule has 0 radical (unpaired) electrons. The number of ether oxygens (including phenoxy) is 1. The van der Waals surface area contributed by atoms with Crippen LogP contribution < -0.4 is 0 Å². The second-order valence-electron chi connectivity index (χ2n) is 3.44. The van der Waals surface area contributed by atoms with Gasteiger partial charge in [0.05, 0.1) is 12.3 Å². The highest BCUT2D eigenvalue weighted by atomic mass is 16.5. The Balaban J connectivity index is 2.45. The van der Waals surface area contributed by atoms with Gasteiger partial charge in [0.1, 0.15) is 0 Å². The van der Waals surface area contributed by atoms with Gasteiger partial charge in [-0.15, -0.1) is 0 Å². The minimum Gasteiger partial charge on any atom is -0.479 e. The van der Waals surface area contributed by atoms with Crippen molar-refractivity contribution < 1.29 is 9.84 Å². The maximum Gasteiger partial charge on any atom is 0.226 e. The zero-order valence-electron chi connectivity index (χ0n) is 8.32. The van der Waals surface area contributed by atoms with E-state index in [1.165, 1.54) is 0 Å². The van der Waals surface area contributed by atoms with Crippen LogP contribution in [0.3, 0.4) is 0 Å². The first-order chi connectivity index (χ1) is 6.66. The fraction of sp³-hybridized carbons (Fsp3) is 0.364. The first-order valence-electron chi connectivity index (χ1n) is 4.70. The van der Waals surface area contributed by atoms with E-state index in [9.17, 15) is 5.11 Å². The molecule has 1 atom stereocenters. The fourth-order valence-corrected chi connectivity index (χ4v) is 1.63. The summed E-state index contributed by atoms with van der Waals surface area (Å²) >= 11 is 0. The molecule has 1 N–H and O–H groups in total. The van der Waals surface area contributed by atoms with Crippen LogP contribution in [0.1, 0.15) is 19.4 Å². The predicted molar refractivity (Wildman–Crippen MR) is 54.7 cm³/mol. The highest BCUT2D eigenvalue weighted by molar-refractivity contribution is 5.94. The summed E-state index contributed by atoms with van der Waals surface area (Å²) in [5, 5.41) is 10.2. The Morgan fingerprint density at radius 3 is 2.79 bits per heavy atom. The molecule has 1 aliphatic rings. The molecule has 3 heteroatoms. The van der Waals surface area contributed by atoms with Crippen molar-refractivity contribution in [1.82, 2.24) is 0 Å². The Kier molecular flexibility index (Phi) is 2.04. The van der Waals surface area contributed by atoms with Crippen molar-refractivity contribution in [3.8, 4) is 0 Å². The molecule has 1 aromatic carbocycles. The molecule has 74 valence electrons. The molecule has 14 heavy (non-hydrogen) atoms. The summed E-state index contributed by atoms with van der Waals surface area (Å²) in [5.74, 6) is 0.390. The molecular formula is C11H13NO2. The van der Waals surface area contributed by atoms with E-state index in [0.29, 0.717) is 12.5 Å². The van der Waals surface area contributed by atoms with E-state index < -0.39 is 5.60 Å². The van der Waals surface area contributed by atoms with Gasteiger partial charge >= 0.3 is 0 Å². The molecule has 0 saturated carbocycles. The van der Waals surface area contributed by atoms with Gasteiger partial charge in [0.25, 0.3) is 0 Å². The minimum absolute atomic E-state index is 0.390. The van der Waals surface area contributed by atoms with Gasteiger partial charge in [-0.3, -0.25) is 0 Å². The van der Waals surface area contributed by atoms with Gasteiger partial charge in [-0.2, -0.15) is 0 Å². The van der Waals surface area contributed by atoms with Crippen LogP contribution in [0.25, 0.3) is 0 Å². The van der Waals surface area contributed by atoms with E-state index in [1.807, 2.05) is 31.2 Å². The Labute approximate surface area is 83.1 Å². The number of nitrogens with zero attached hydrogens (tertiary/aromatic N) is 1. The molecule has 1 aromatic rings. The summed E-state index contributed by atoms with van der Waals surface area (Å²) in [6.07, 6.45) is 0. The van der Waals surface area contributed by atoms with Crippen LogP contribution in [0.5, 0.6) is 0 Å². The lowest BCUT2D eigenvalue weighted by Gasteiger charge is -2.19. The monoisotopic (exact) mass is 191 g/mol. The summed E-state index contributed by atoms with van der Waals surface area (Å²) < 4.78 is 5.30. The maximum absolute atomic E-state index is 10.2.